The number of hydrogen-bond acceptors (Lipinski definition) is 8. The summed E-state index contributed by atoms with van der Waals surface area (Å²) >= 11 is 0. The van der Waals surface area contributed by atoms with Gasteiger partial charge in [-0.1, -0.05) is 5.92 Å². The lowest BCUT2D eigenvalue weighted by molar-refractivity contribution is -0.137. The van der Waals surface area contributed by atoms with E-state index in [1.54, 1.807) is 0 Å². The van der Waals surface area contributed by atoms with Crippen LogP contribution in [0, 0.1) is 12.3 Å². The Kier molecular flexibility index (Phi) is 15.0. The molecule has 0 aliphatic carbocycles. The molecule has 1 rings (SSSR count). The topological polar surface area (TPSA) is 92.8 Å². The standard InChI is InChI=1S/C19H29NO8/c1-2-6-23-8-10-25-12-14-27-16-17-28-15-13-26-11-9-24-7-5-20-18(21)3-4-19(20)22/h1,3-4H,5-17H2. The second-order valence-electron chi connectivity index (χ2n) is 5.48. The Balaban J connectivity index is 1.71. The fourth-order valence-electron chi connectivity index (χ4n) is 2.04. The maximum absolute atomic E-state index is 11.3. The van der Waals surface area contributed by atoms with Gasteiger partial charge in [0.2, 0.25) is 0 Å². The average molecular weight is 399 g/mol. The quantitative estimate of drug-likeness (QED) is 0.165. The van der Waals surface area contributed by atoms with Crippen LogP contribution >= 0.6 is 0 Å². The van der Waals surface area contributed by atoms with Crippen molar-refractivity contribution in [1.82, 2.24) is 4.90 Å². The highest BCUT2D eigenvalue weighted by Gasteiger charge is 2.22. The fourth-order valence-corrected chi connectivity index (χ4v) is 2.04. The Morgan fingerprint density at radius 2 is 1.00 bits per heavy atom. The molecule has 9 nitrogen and oxygen atoms in total. The van der Waals surface area contributed by atoms with Crippen LogP contribution < -0.4 is 0 Å². The fraction of sp³-hybridized carbons (Fsp3) is 0.684. The van der Waals surface area contributed by atoms with Crippen molar-refractivity contribution in [3.8, 4) is 12.3 Å². The van der Waals surface area contributed by atoms with Crippen LogP contribution in [0.4, 0.5) is 0 Å². The number of rotatable bonds is 19. The monoisotopic (exact) mass is 399 g/mol. The van der Waals surface area contributed by atoms with E-state index in [0.717, 1.165) is 4.90 Å². The van der Waals surface area contributed by atoms with E-state index in [2.05, 4.69) is 5.92 Å². The molecule has 0 N–H and O–H groups in total. The summed E-state index contributed by atoms with van der Waals surface area (Å²) in [6.07, 6.45) is 7.55. The van der Waals surface area contributed by atoms with E-state index in [1.165, 1.54) is 12.2 Å². The first-order chi connectivity index (χ1) is 13.8. The van der Waals surface area contributed by atoms with E-state index in [-0.39, 0.29) is 25.0 Å². The largest absolute Gasteiger partial charge is 0.377 e. The number of ether oxygens (including phenoxy) is 6. The lowest BCUT2D eigenvalue weighted by Crippen LogP contribution is -2.33. The summed E-state index contributed by atoms with van der Waals surface area (Å²) in [4.78, 5) is 23.8. The molecule has 0 bridgehead atoms. The molecule has 1 aliphatic rings. The van der Waals surface area contributed by atoms with Gasteiger partial charge in [-0.15, -0.1) is 6.42 Å². The Bertz CT molecular complexity index is 485. The summed E-state index contributed by atoms with van der Waals surface area (Å²) in [5.41, 5.74) is 0. The summed E-state index contributed by atoms with van der Waals surface area (Å²) in [7, 11) is 0. The van der Waals surface area contributed by atoms with Crippen LogP contribution in [0.1, 0.15) is 0 Å². The summed E-state index contributed by atoms with van der Waals surface area (Å²) in [5, 5.41) is 0. The lowest BCUT2D eigenvalue weighted by Gasteiger charge is -2.13. The maximum Gasteiger partial charge on any atom is 0.253 e. The molecule has 0 spiro atoms. The predicted octanol–water partition coefficient (Wildman–Crippen LogP) is -0.356. The molecule has 0 aromatic heterocycles. The third-order valence-electron chi connectivity index (χ3n) is 3.41. The zero-order chi connectivity index (χ0) is 20.3. The molecule has 1 heterocycles. The van der Waals surface area contributed by atoms with Gasteiger partial charge in [-0.2, -0.15) is 0 Å². The Hall–Kier alpha value is -1.80. The van der Waals surface area contributed by atoms with Gasteiger partial charge in [-0.05, 0) is 0 Å². The van der Waals surface area contributed by atoms with Crippen LogP contribution in [0.3, 0.4) is 0 Å². The summed E-state index contributed by atoms with van der Waals surface area (Å²) in [6, 6.07) is 0. The first kappa shape index (κ1) is 24.2. The number of hydrogen-bond donors (Lipinski definition) is 0. The van der Waals surface area contributed by atoms with E-state index in [1.807, 2.05) is 0 Å². The van der Waals surface area contributed by atoms with Gasteiger partial charge in [0.05, 0.1) is 79.2 Å². The Labute approximate surface area is 165 Å². The Morgan fingerprint density at radius 1 is 0.643 bits per heavy atom. The van der Waals surface area contributed by atoms with Crippen LogP contribution in [0.2, 0.25) is 0 Å². The van der Waals surface area contributed by atoms with Gasteiger partial charge in [0.15, 0.2) is 0 Å². The van der Waals surface area contributed by atoms with Gasteiger partial charge in [0, 0.05) is 12.2 Å². The minimum atomic E-state index is -0.302. The molecule has 28 heavy (non-hydrogen) atoms. The molecule has 0 radical (unpaired) electrons. The molecule has 1 aliphatic heterocycles. The molecule has 2 amide bonds. The highest BCUT2D eigenvalue weighted by molar-refractivity contribution is 6.12. The number of nitrogens with zero attached hydrogens (tertiary/aromatic N) is 1. The number of imide groups is 1. The van der Waals surface area contributed by atoms with E-state index in [0.29, 0.717) is 72.7 Å². The van der Waals surface area contributed by atoms with Crippen molar-refractivity contribution in [1.29, 1.82) is 0 Å². The van der Waals surface area contributed by atoms with Gasteiger partial charge in [-0.25, -0.2) is 0 Å². The van der Waals surface area contributed by atoms with Crippen LogP contribution in [0.15, 0.2) is 12.2 Å². The number of amides is 2. The zero-order valence-corrected chi connectivity index (χ0v) is 16.1. The average Bonchev–Trinajstić information content (AvgIpc) is 3.01. The number of terminal acetylenes is 1. The minimum Gasteiger partial charge on any atom is -0.377 e. The zero-order valence-electron chi connectivity index (χ0n) is 16.1. The summed E-state index contributed by atoms with van der Waals surface area (Å²) < 4.78 is 31.7. The summed E-state index contributed by atoms with van der Waals surface area (Å²) in [6.45, 7) is 5.51. The number of carbonyl (C=O) groups excluding carboxylic acids is 2. The van der Waals surface area contributed by atoms with Gasteiger partial charge in [0.25, 0.3) is 11.8 Å². The van der Waals surface area contributed by atoms with Crippen molar-refractivity contribution in [2.45, 2.75) is 0 Å². The lowest BCUT2D eigenvalue weighted by atomic mass is 10.5. The van der Waals surface area contributed by atoms with Crippen LogP contribution in [0.25, 0.3) is 0 Å². The van der Waals surface area contributed by atoms with E-state index < -0.39 is 0 Å². The van der Waals surface area contributed by atoms with E-state index in [4.69, 9.17) is 34.8 Å². The van der Waals surface area contributed by atoms with Crippen LogP contribution in [0.5, 0.6) is 0 Å². The summed E-state index contributed by atoms with van der Waals surface area (Å²) in [5.74, 6) is 1.78. The molecule has 0 unspecified atom stereocenters. The first-order valence-corrected chi connectivity index (χ1v) is 9.19. The molecule has 9 heteroatoms. The third kappa shape index (κ3) is 12.6. The first-order valence-electron chi connectivity index (χ1n) is 9.19. The minimum absolute atomic E-state index is 0.248. The van der Waals surface area contributed by atoms with Gasteiger partial charge < -0.3 is 28.4 Å². The highest BCUT2D eigenvalue weighted by Crippen LogP contribution is 2.02. The van der Waals surface area contributed by atoms with Gasteiger partial charge >= 0.3 is 0 Å². The molecular formula is C19H29NO8. The van der Waals surface area contributed by atoms with E-state index >= 15 is 0 Å². The van der Waals surface area contributed by atoms with Crippen molar-refractivity contribution in [2.75, 3.05) is 85.8 Å². The third-order valence-corrected chi connectivity index (χ3v) is 3.41. The molecule has 158 valence electrons. The molecule has 0 saturated heterocycles. The van der Waals surface area contributed by atoms with Crippen molar-refractivity contribution in [2.24, 2.45) is 0 Å². The van der Waals surface area contributed by atoms with Crippen LogP contribution in [-0.4, -0.2) is 103 Å². The molecule has 0 saturated carbocycles. The molecular weight excluding hydrogens is 370 g/mol. The van der Waals surface area contributed by atoms with Gasteiger partial charge in [-0.3, -0.25) is 14.5 Å². The van der Waals surface area contributed by atoms with Gasteiger partial charge in [0.1, 0.15) is 6.61 Å². The van der Waals surface area contributed by atoms with Crippen molar-refractivity contribution in [3.05, 3.63) is 12.2 Å². The number of carbonyl (C=O) groups is 2. The molecule has 0 aromatic rings. The van der Waals surface area contributed by atoms with Crippen molar-refractivity contribution < 1.29 is 38.0 Å². The van der Waals surface area contributed by atoms with Crippen molar-refractivity contribution in [3.63, 3.8) is 0 Å². The Morgan fingerprint density at radius 3 is 1.39 bits per heavy atom. The normalized spacial score (nSPS) is 13.5. The van der Waals surface area contributed by atoms with E-state index in [9.17, 15) is 9.59 Å². The predicted molar refractivity (Wildman–Crippen MR) is 99.6 cm³/mol. The maximum atomic E-state index is 11.3. The highest BCUT2D eigenvalue weighted by atomic mass is 16.6. The van der Waals surface area contributed by atoms with Crippen LogP contribution in [-0.2, 0) is 38.0 Å². The SMILES string of the molecule is C#CCOCCOCCOCCOCCOCCOCCN1C(=O)C=CC1=O. The molecule has 0 atom stereocenters. The second-order valence-corrected chi connectivity index (χ2v) is 5.48. The smallest absolute Gasteiger partial charge is 0.253 e. The second kappa shape index (κ2) is 17.3. The molecule has 0 aromatic carbocycles. The van der Waals surface area contributed by atoms with Crippen molar-refractivity contribution >= 4 is 11.8 Å². The molecule has 0 fully saturated rings.